The minimum Gasteiger partial charge on any atom is -0.465 e. The molecular formula is C13H24O5. The second kappa shape index (κ2) is 8.78. The molecule has 0 amide bonds. The molecule has 5 nitrogen and oxygen atoms in total. The Hall–Kier alpha value is -1.26. The van der Waals surface area contributed by atoms with Gasteiger partial charge in [-0.3, -0.25) is 4.79 Å². The Morgan fingerprint density at radius 2 is 1.56 bits per heavy atom. The third-order valence-electron chi connectivity index (χ3n) is 2.84. The van der Waals surface area contributed by atoms with E-state index in [4.69, 9.17) is 9.47 Å². The molecule has 0 radical (unpaired) electrons. The molecule has 1 unspecified atom stereocenters. The van der Waals surface area contributed by atoms with Gasteiger partial charge in [-0.15, -0.1) is 0 Å². The van der Waals surface area contributed by atoms with Gasteiger partial charge in [0.05, 0.1) is 13.2 Å². The number of hydrogen-bond donors (Lipinski definition) is 0. The Bertz CT molecular complexity index is 264. The fourth-order valence-corrected chi connectivity index (χ4v) is 1.78. The third-order valence-corrected chi connectivity index (χ3v) is 2.84. The first-order valence-corrected chi connectivity index (χ1v) is 6.53. The number of esters is 1. The highest BCUT2D eigenvalue weighted by Gasteiger charge is 2.39. The molecule has 0 saturated carbocycles. The Balaban J connectivity index is 4.64. The highest BCUT2D eigenvalue weighted by Crippen LogP contribution is 2.30. The van der Waals surface area contributed by atoms with Crippen molar-refractivity contribution in [1.82, 2.24) is 0 Å². The Kier molecular flexibility index (Phi) is 8.16. The molecule has 0 aromatic carbocycles. The van der Waals surface area contributed by atoms with Gasteiger partial charge in [0.15, 0.2) is 0 Å². The maximum Gasteiger partial charge on any atom is 0.508 e. The van der Waals surface area contributed by atoms with Gasteiger partial charge in [0, 0.05) is 0 Å². The van der Waals surface area contributed by atoms with Crippen LogP contribution in [-0.2, 0) is 19.0 Å². The quantitative estimate of drug-likeness (QED) is 0.628. The third kappa shape index (κ3) is 4.94. The summed E-state index contributed by atoms with van der Waals surface area (Å²) in [5.41, 5.74) is -0.752. The zero-order valence-electron chi connectivity index (χ0n) is 11.8. The molecule has 0 aromatic rings. The van der Waals surface area contributed by atoms with E-state index in [1.165, 1.54) is 0 Å². The van der Waals surface area contributed by atoms with Crippen LogP contribution in [0.4, 0.5) is 4.79 Å². The van der Waals surface area contributed by atoms with E-state index in [0.29, 0.717) is 19.4 Å². The molecule has 0 heterocycles. The Labute approximate surface area is 109 Å². The molecular weight excluding hydrogens is 236 g/mol. The van der Waals surface area contributed by atoms with Crippen LogP contribution in [0.5, 0.6) is 0 Å². The number of hydrogen-bond acceptors (Lipinski definition) is 5. The summed E-state index contributed by atoms with van der Waals surface area (Å²) in [6, 6.07) is 0. The van der Waals surface area contributed by atoms with E-state index >= 15 is 0 Å². The van der Waals surface area contributed by atoms with Gasteiger partial charge < -0.3 is 14.2 Å². The van der Waals surface area contributed by atoms with E-state index in [0.717, 1.165) is 6.42 Å². The maximum absolute atomic E-state index is 12.0. The van der Waals surface area contributed by atoms with Gasteiger partial charge in [-0.05, 0) is 26.7 Å². The van der Waals surface area contributed by atoms with Crippen molar-refractivity contribution in [2.75, 3.05) is 19.8 Å². The van der Waals surface area contributed by atoms with Crippen LogP contribution in [-0.4, -0.2) is 31.9 Å². The van der Waals surface area contributed by atoms with Crippen molar-refractivity contribution in [1.29, 1.82) is 0 Å². The predicted molar refractivity (Wildman–Crippen MR) is 67.2 cm³/mol. The van der Waals surface area contributed by atoms with Crippen LogP contribution in [0.2, 0.25) is 0 Å². The lowest BCUT2D eigenvalue weighted by Gasteiger charge is -2.29. The molecule has 0 aliphatic heterocycles. The van der Waals surface area contributed by atoms with E-state index < -0.39 is 11.6 Å². The minimum atomic E-state index is -0.752. The summed E-state index contributed by atoms with van der Waals surface area (Å²) in [6.07, 6.45) is 1.27. The van der Waals surface area contributed by atoms with Crippen molar-refractivity contribution in [2.45, 2.75) is 47.0 Å². The van der Waals surface area contributed by atoms with Crippen molar-refractivity contribution in [3.05, 3.63) is 0 Å². The summed E-state index contributed by atoms with van der Waals surface area (Å²) in [4.78, 5) is 23.2. The fraction of sp³-hybridized carbons (Fsp3) is 0.846. The maximum atomic E-state index is 12.0. The van der Waals surface area contributed by atoms with E-state index in [2.05, 4.69) is 4.74 Å². The van der Waals surface area contributed by atoms with Crippen LogP contribution >= 0.6 is 0 Å². The highest BCUT2D eigenvalue weighted by molar-refractivity contribution is 5.77. The summed E-state index contributed by atoms with van der Waals surface area (Å²) in [5.74, 6) is -0.307. The summed E-state index contributed by atoms with van der Waals surface area (Å²) >= 11 is 0. The van der Waals surface area contributed by atoms with Crippen LogP contribution in [0.1, 0.15) is 47.0 Å². The van der Waals surface area contributed by atoms with Crippen LogP contribution < -0.4 is 0 Å². The smallest absolute Gasteiger partial charge is 0.465 e. The van der Waals surface area contributed by atoms with Crippen LogP contribution in [0, 0.1) is 5.41 Å². The lowest BCUT2D eigenvalue weighted by Crippen LogP contribution is -2.38. The van der Waals surface area contributed by atoms with Crippen LogP contribution in [0.25, 0.3) is 0 Å². The van der Waals surface area contributed by atoms with Crippen LogP contribution in [0.15, 0.2) is 0 Å². The predicted octanol–water partition coefficient (Wildman–Crippen LogP) is 2.92. The zero-order chi connectivity index (χ0) is 14.0. The first-order valence-electron chi connectivity index (χ1n) is 6.53. The zero-order valence-corrected chi connectivity index (χ0v) is 11.8. The van der Waals surface area contributed by atoms with Gasteiger partial charge in [-0.25, -0.2) is 4.79 Å². The standard InChI is InChI=1S/C13H24O5/c1-5-9-13(6-2,11(14)16-7-3)10-18-12(15)17-8-4/h5-10H2,1-4H3. The van der Waals surface area contributed by atoms with Crippen molar-refractivity contribution in [3.63, 3.8) is 0 Å². The van der Waals surface area contributed by atoms with Gasteiger partial charge in [0.2, 0.25) is 0 Å². The lowest BCUT2D eigenvalue weighted by molar-refractivity contribution is -0.159. The molecule has 0 bridgehead atoms. The van der Waals surface area contributed by atoms with Gasteiger partial charge in [0.25, 0.3) is 0 Å². The number of ether oxygens (including phenoxy) is 3. The normalized spacial score (nSPS) is 13.6. The molecule has 18 heavy (non-hydrogen) atoms. The van der Waals surface area contributed by atoms with Crippen LogP contribution in [0.3, 0.4) is 0 Å². The SMILES string of the molecule is CCCC(CC)(COC(=O)OCC)C(=O)OCC. The van der Waals surface area contributed by atoms with Crippen molar-refractivity contribution in [3.8, 4) is 0 Å². The molecule has 1 atom stereocenters. The molecule has 0 rings (SSSR count). The first kappa shape index (κ1) is 16.7. The van der Waals surface area contributed by atoms with E-state index in [1.807, 2.05) is 13.8 Å². The monoisotopic (exact) mass is 260 g/mol. The van der Waals surface area contributed by atoms with E-state index in [-0.39, 0.29) is 19.2 Å². The fourth-order valence-electron chi connectivity index (χ4n) is 1.78. The second-order valence-electron chi connectivity index (χ2n) is 4.08. The molecule has 106 valence electrons. The lowest BCUT2D eigenvalue weighted by atomic mass is 9.81. The highest BCUT2D eigenvalue weighted by atomic mass is 16.7. The summed E-state index contributed by atoms with van der Waals surface area (Å²) in [7, 11) is 0. The summed E-state index contributed by atoms with van der Waals surface area (Å²) in [6.45, 7) is 7.92. The first-order chi connectivity index (χ1) is 8.56. The summed E-state index contributed by atoms with van der Waals surface area (Å²) < 4.78 is 14.8. The number of carbonyl (C=O) groups is 2. The Morgan fingerprint density at radius 3 is 2.00 bits per heavy atom. The summed E-state index contributed by atoms with van der Waals surface area (Å²) in [5, 5.41) is 0. The molecule has 0 aliphatic rings. The average Bonchev–Trinajstić information content (AvgIpc) is 2.35. The van der Waals surface area contributed by atoms with E-state index in [1.54, 1.807) is 13.8 Å². The minimum absolute atomic E-state index is 0.00894. The molecule has 5 heteroatoms. The molecule has 0 fully saturated rings. The van der Waals surface area contributed by atoms with Gasteiger partial charge >= 0.3 is 12.1 Å². The average molecular weight is 260 g/mol. The van der Waals surface area contributed by atoms with Gasteiger partial charge in [0.1, 0.15) is 12.0 Å². The topological polar surface area (TPSA) is 61.8 Å². The van der Waals surface area contributed by atoms with Crippen molar-refractivity contribution < 1.29 is 23.8 Å². The van der Waals surface area contributed by atoms with Crippen molar-refractivity contribution in [2.24, 2.45) is 5.41 Å². The molecule has 0 spiro atoms. The number of rotatable bonds is 8. The van der Waals surface area contributed by atoms with E-state index in [9.17, 15) is 9.59 Å². The molecule has 0 aromatic heterocycles. The van der Waals surface area contributed by atoms with Gasteiger partial charge in [-0.2, -0.15) is 0 Å². The van der Waals surface area contributed by atoms with Crippen molar-refractivity contribution >= 4 is 12.1 Å². The molecule has 0 saturated heterocycles. The largest absolute Gasteiger partial charge is 0.508 e. The molecule has 0 N–H and O–H groups in total. The molecule has 0 aliphatic carbocycles. The second-order valence-corrected chi connectivity index (χ2v) is 4.08. The van der Waals surface area contributed by atoms with Gasteiger partial charge in [-0.1, -0.05) is 20.3 Å². The number of carbonyl (C=O) groups excluding carboxylic acids is 2. The Morgan fingerprint density at radius 1 is 0.944 bits per heavy atom.